The molecule has 1 aromatic heterocycles. The highest BCUT2D eigenvalue weighted by Gasteiger charge is 2.20. The van der Waals surface area contributed by atoms with Crippen molar-refractivity contribution >= 4 is 50.9 Å². The maximum Gasteiger partial charge on any atom is 0.234 e. The molecule has 1 unspecified atom stereocenters. The Hall–Kier alpha value is -2.03. The number of ether oxygens (including phenoxy) is 1. The summed E-state index contributed by atoms with van der Waals surface area (Å²) in [5.74, 6) is 1.58. The van der Waals surface area contributed by atoms with Gasteiger partial charge in [-0.2, -0.15) is 0 Å². The Morgan fingerprint density at radius 3 is 2.77 bits per heavy atom. The van der Waals surface area contributed by atoms with E-state index in [4.69, 9.17) is 16.3 Å². The van der Waals surface area contributed by atoms with E-state index in [-0.39, 0.29) is 17.8 Å². The summed E-state index contributed by atoms with van der Waals surface area (Å²) in [5, 5.41) is 12.6. The van der Waals surface area contributed by atoms with Crippen molar-refractivity contribution in [2.45, 2.75) is 45.5 Å². The van der Waals surface area contributed by atoms with Crippen molar-refractivity contribution in [3.63, 3.8) is 0 Å². The van der Waals surface area contributed by atoms with Gasteiger partial charge in [0.05, 0.1) is 16.5 Å². The molecule has 3 rings (SSSR count). The lowest BCUT2D eigenvalue weighted by Crippen LogP contribution is -2.15. The van der Waals surface area contributed by atoms with E-state index in [9.17, 15) is 4.79 Å². The molecular formula is C22H24BrClN4O2S. The average Bonchev–Trinajstić information content (AvgIpc) is 3.15. The zero-order valence-corrected chi connectivity index (χ0v) is 20.9. The fourth-order valence-electron chi connectivity index (χ4n) is 3.01. The topological polar surface area (TPSA) is 69.0 Å². The van der Waals surface area contributed by atoms with Crippen molar-refractivity contribution in [1.29, 1.82) is 0 Å². The van der Waals surface area contributed by atoms with Crippen molar-refractivity contribution in [3.8, 4) is 5.75 Å². The van der Waals surface area contributed by atoms with Gasteiger partial charge in [-0.05, 0) is 63.1 Å². The van der Waals surface area contributed by atoms with Gasteiger partial charge in [0.25, 0.3) is 0 Å². The van der Waals surface area contributed by atoms with Crippen LogP contribution in [-0.2, 0) is 11.3 Å². The lowest BCUT2D eigenvalue weighted by Gasteiger charge is -2.17. The summed E-state index contributed by atoms with van der Waals surface area (Å²) >= 11 is 10.9. The second-order valence-electron chi connectivity index (χ2n) is 7.00. The van der Waals surface area contributed by atoms with Crippen LogP contribution >= 0.6 is 39.3 Å². The maximum atomic E-state index is 12.4. The molecule has 0 saturated heterocycles. The SMILES string of the molecule is CCn1c(SCC(=O)Nc2ccc(Br)cc2Cl)nnc1C(C)Oc1cccc(C)c1C. The summed E-state index contributed by atoms with van der Waals surface area (Å²) in [4.78, 5) is 12.4. The van der Waals surface area contributed by atoms with Crippen LogP contribution in [0.1, 0.15) is 36.9 Å². The van der Waals surface area contributed by atoms with Crippen LogP contribution in [0, 0.1) is 13.8 Å². The number of carbonyl (C=O) groups is 1. The summed E-state index contributed by atoms with van der Waals surface area (Å²) in [7, 11) is 0. The molecule has 0 saturated carbocycles. The molecule has 0 radical (unpaired) electrons. The van der Waals surface area contributed by atoms with E-state index in [0.29, 0.717) is 22.4 Å². The highest BCUT2D eigenvalue weighted by molar-refractivity contribution is 9.10. The molecule has 2 aromatic carbocycles. The molecule has 9 heteroatoms. The van der Waals surface area contributed by atoms with Crippen LogP contribution in [0.4, 0.5) is 5.69 Å². The van der Waals surface area contributed by atoms with Crippen molar-refractivity contribution in [1.82, 2.24) is 14.8 Å². The number of benzene rings is 2. The van der Waals surface area contributed by atoms with Gasteiger partial charge in [-0.15, -0.1) is 10.2 Å². The molecule has 0 aliphatic rings. The van der Waals surface area contributed by atoms with Gasteiger partial charge in [0.2, 0.25) is 5.91 Å². The van der Waals surface area contributed by atoms with Crippen molar-refractivity contribution < 1.29 is 9.53 Å². The number of hydrogen-bond acceptors (Lipinski definition) is 5. The maximum absolute atomic E-state index is 12.4. The molecule has 0 fully saturated rings. The van der Waals surface area contributed by atoms with Gasteiger partial charge in [0.15, 0.2) is 17.1 Å². The van der Waals surface area contributed by atoms with Crippen LogP contribution < -0.4 is 10.1 Å². The number of hydrogen-bond donors (Lipinski definition) is 1. The van der Waals surface area contributed by atoms with E-state index in [1.165, 1.54) is 17.3 Å². The first kappa shape index (κ1) is 23.6. The minimum absolute atomic E-state index is 0.166. The largest absolute Gasteiger partial charge is 0.482 e. The minimum atomic E-state index is -0.280. The monoisotopic (exact) mass is 522 g/mol. The Morgan fingerprint density at radius 2 is 2.06 bits per heavy atom. The predicted molar refractivity (Wildman–Crippen MR) is 129 cm³/mol. The Kier molecular flexibility index (Phi) is 8.02. The number of amides is 1. The number of thioether (sulfide) groups is 1. The third-order valence-corrected chi connectivity index (χ3v) is 6.59. The summed E-state index contributed by atoms with van der Waals surface area (Å²) < 4.78 is 8.99. The van der Waals surface area contributed by atoms with Gasteiger partial charge in [-0.3, -0.25) is 4.79 Å². The van der Waals surface area contributed by atoms with E-state index < -0.39 is 0 Å². The van der Waals surface area contributed by atoms with Crippen LogP contribution in [-0.4, -0.2) is 26.4 Å². The summed E-state index contributed by atoms with van der Waals surface area (Å²) in [6, 6.07) is 11.3. The Balaban J connectivity index is 1.66. The number of carbonyl (C=O) groups excluding carboxylic acids is 1. The number of aromatic nitrogens is 3. The first-order chi connectivity index (χ1) is 14.8. The third kappa shape index (κ3) is 5.81. The highest BCUT2D eigenvalue weighted by Crippen LogP contribution is 2.29. The predicted octanol–water partition coefficient (Wildman–Crippen LogP) is 6.20. The molecule has 3 aromatic rings. The minimum Gasteiger partial charge on any atom is -0.482 e. The van der Waals surface area contributed by atoms with Crippen molar-refractivity contribution in [2.24, 2.45) is 0 Å². The van der Waals surface area contributed by atoms with Crippen LogP contribution in [0.3, 0.4) is 0 Å². The average molecular weight is 524 g/mol. The van der Waals surface area contributed by atoms with Crippen LogP contribution in [0.25, 0.3) is 0 Å². The molecule has 1 amide bonds. The highest BCUT2D eigenvalue weighted by atomic mass is 79.9. The summed E-state index contributed by atoms with van der Waals surface area (Å²) in [5.41, 5.74) is 2.85. The molecule has 0 aliphatic carbocycles. The molecular weight excluding hydrogens is 500 g/mol. The Morgan fingerprint density at radius 1 is 1.29 bits per heavy atom. The summed E-state index contributed by atoms with van der Waals surface area (Å²) in [6.45, 7) is 8.74. The van der Waals surface area contributed by atoms with Crippen LogP contribution in [0.2, 0.25) is 5.02 Å². The normalized spacial score (nSPS) is 11.9. The lowest BCUT2D eigenvalue weighted by atomic mass is 10.1. The quantitative estimate of drug-likeness (QED) is 0.356. The standard InChI is InChI=1S/C22H24BrClN4O2S/c1-5-28-21(15(4)30-19-8-6-7-13(2)14(19)3)26-27-22(28)31-12-20(29)25-18-10-9-16(23)11-17(18)24/h6-11,15H,5,12H2,1-4H3,(H,25,29). The smallest absolute Gasteiger partial charge is 0.234 e. The molecule has 0 bridgehead atoms. The number of rotatable bonds is 8. The van der Waals surface area contributed by atoms with Gasteiger partial charge in [-0.25, -0.2) is 0 Å². The molecule has 1 heterocycles. The Bertz CT molecular complexity index is 1090. The van der Waals surface area contributed by atoms with E-state index in [1.54, 1.807) is 12.1 Å². The number of aryl methyl sites for hydroxylation is 1. The first-order valence-corrected chi connectivity index (χ1v) is 12.0. The molecule has 31 heavy (non-hydrogen) atoms. The number of anilines is 1. The van der Waals surface area contributed by atoms with E-state index in [0.717, 1.165) is 21.6 Å². The molecule has 1 N–H and O–H groups in total. The van der Waals surface area contributed by atoms with Gasteiger partial charge < -0.3 is 14.6 Å². The van der Waals surface area contributed by atoms with Crippen molar-refractivity contribution in [3.05, 3.63) is 62.8 Å². The zero-order valence-electron chi connectivity index (χ0n) is 17.8. The number of halogens is 2. The lowest BCUT2D eigenvalue weighted by molar-refractivity contribution is -0.113. The van der Waals surface area contributed by atoms with Gasteiger partial charge in [0, 0.05) is 11.0 Å². The molecule has 6 nitrogen and oxygen atoms in total. The van der Waals surface area contributed by atoms with Gasteiger partial charge in [-0.1, -0.05) is 51.4 Å². The first-order valence-electron chi connectivity index (χ1n) is 9.83. The fourth-order valence-corrected chi connectivity index (χ4v) is 4.54. The number of nitrogens with zero attached hydrogens (tertiary/aromatic N) is 3. The van der Waals surface area contributed by atoms with Gasteiger partial charge in [0.1, 0.15) is 5.75 Å². The fraction of sp³-hybridized carbons (Fsp3) is 0.318. The van der Waals surface area contributed by atoms with Crippen LogP contribution in [0.5, 0.6) is 5.75 Å². The second-order valence-corrected chi connectivity index (χ2v) is 9.27. The second kappa shape index (κ2) is 10.5. The summed E-state index contributed by atoms with van der Waals surface area (Å²) in [6.07, 6.45) is -0.280. The third-order valence-electron chi connectivity index (χ3n) is 4.82. The van der Waals surface area contributed by atoms with Gasteiger partial charge >= 0.3 is 0 Å². The van der Waals surface area contributed by atoms with Crippen molar-refractivity contribution in [2.75, 3.05) is 11.1 Å². The van der Waals surface area contributed by atoms with E-state index >= 15 is 0 Å². The Labute approximate surface area is 199 Å². The zero-order chi connectivity index (χ0) is 22.5. The van der Waals surface area contributed by atoms with E-state index in [2.05, 4.69) is 44.4 Å². The number of nitrogens with one attached hydrogen (secondary N) is 1. The molecule has 0 aliphatic heterocycles. The van der Waals surface area contributed by atoms with Crippen LogP contribution in [0.15, 0.2) is 46.0 Å². The molecule has 0 spiro atoms. The molecule has 1 atom stereocenters. The van der Waals surface area contributed by atoms with E-state index in [1.807, 2.05) is 43.5 Å². The molecule has 164 valence electrons.